The molecule has 2 N–H and O–H groups in total. The van der Waals surface area contributed by atoms with E-state index in [-0.39, 0.29) is 18.5 Å². The minimum Gasteiger partial charge on any atom is -0.454 e. The monoisotopic (exact) mass is 355 g/mol. The minimum atomic E-state index is -0.348. The highest BCUT2D eigenvalue weighted by Gasteiger charge is 2.16. The number of anilines is 1. The van der Waals surface area contributed by atoms with E-state index in [0.29, 0.717) is 27.9 Å². The Morgan fingerprint density at radius 1 is 1.24 bits per heavy atom. The average Bonchev–Trinajstić information content (AvgIpc) is 3.33. The number of aromatic nitrogens is 2. The van der Waals surface area contributed by atoms with E-state index in [0.717, 1.165) is 11.3 Å². The summed E-state index contributed by atoms with van der Waals surface area (Å²) in [4.78, 5) is 30.7. The largest absolute Gasteiger partial charge is 0.454 e. The van der Waals surface area contributed by atoms with Gasteiger partial charge in [0.15, 0.2) is 22.4 Å². The van der Waals surface area contributed by atoms with Gasteiger partial charge in [0.2, 0.25) is 6.79 Å². The maximum Gasteiger partial charge on any atom is 0.273 e. The molecule has 1 aliphatic heterocycles. The van der Waals surface area contributed by atoms with Crippen LogP contribution in [0.15, 0.2) is 35.8 Å². The molecule has 1 aliphatic rings. The second-order valence-electron chi connectivity index (χ2n) is 5.42. The second kappa shape index (κ2) is 6.06. The normalized spacial score (nSPS) is 12.2. The van der Waals surface area contributed by atoms with Gasteiger partial charge in [-0.1, -0.05) is 0 Å². The Kier molecular flexibility index (Phi) is 3.73. The van der Waals surface area contributed by atoms with Crippen molar-refractivity contribution in [1.82, 2.24) is 9.97 Å². The van der Waals surface area contributed by atoms with Gasteiger partial charge < -0.3 is 14.5 Å². The Morgan fingerprint density at radius 3 is 2.88 bits per heavy atom. The SMILES string of the molecule is CC(=O)c1c[nH]c(C(=O)Nc2nc(-c3ccc4c(c3)OCO4)cs2)c1. The predicted octanol–water partition coefficient (Wildman–Crippen LogP) is 3.32. The maximum absolute atomic E-state index is 12.2. The Bertz CT molecular complexity index is 976. The van der Waals surface area contributed by atoms with Crippen molar-refractivity contribution in [3.63, 3.8) is 0 Å². The highest BCUT2D eigenvalue weighted by Crippen LogP contribution is 2.36. The third kappa shape index (κ3) is 2.99. The number of rotatable bonds is 4. The Morgan fingerprint density at radius 2 is 2.08 bits per heavy atom. The number of nitrogens with zero attached hydrogens (tertiary/aromatic N) is 1. The molecule has 0 bridgehead atoms. The van der Waals surface area contributed by atoms with Crippen molar-refractivity contribution < 1.29 is 19.1 Å². The predicted molar refractivity (Wildman–Crippen MR) is 92.4 cm³/mol. The van der Waals surface area contributed by atoms with Gasteiger partial charge in [-0.3, -0.25) is 14.9 Å². The molecule has 3 heterocycles. The molecule has 1 aromatic carbocycles. The number of ketones is 1. The number of ether oxygens (including phenoxy) is 2. The van der Waals surface area contributed by atoms with Crippen LogP contribution in [0.1, 0.15) is 27.8 Å². The van der Waals surface area contributed by atoms with E-state index in [1.54, 1.807) is 0 Å². The van der Waals surface area contributed by atoms with Crippen LogP contribution >= 0.6 is 11.3 Å². The fraction of sp³-hybridized carbons (Fsp3) is 0.118. The molecule has 0 spiro atoms. The first kappa shape index (κ1) is 15.4. The summed E-state index contributed by atoms with van der Waals surface area (Å²) in [7, 11) is 0. The van der Waals surface area contributed by atoms with E-state index in [1.165, 1.54) is 30.5 Å². The second-order valence-corrected chi connectivity index (χ2v) is 6.28. The summed E-state index contributed by atoms with van der Waals surface area (Å²) >= 11 is 1.32. The number of amides is 1. The zero-order valence-corrected chi connectivity index (χ0v) is 14.0. The quantitative estimate of drug-likeness (QED) is 0.700. The lowest BCUT2D eigenvalue weighted by Crippen LogP contribution is -2.11. The lowest BCUT2D eigenvalue weighted by Gasteiger charge is -2.00. The van der Waals surface area contributed by atoms with Gasteiger partial charge in [0.05, 0.1) is 5.69 Å². The number of fused-ring (bicyclic) bond motifs is 1. The summed E-state index contributed by atoms with van der Waals surface area (Å²) in [6, 6.07) is 7.09. The first-order valence-electron chi connectivity index (χ1n) is 7.46. The number of thiazole rings is 1. The van der Waals surface area contributed by atoms with Crippen LogP contribution in [0.25, 0.3) is 11.3 Å². The van der Waals surface area contributed by atoms with Crippen LogP contribution < -0.4 is 14.8 Å². The molecule has 25 heavy (non-hydrogen) atoms. The van der Waals surface area contributed by atoms with E-state index in [2.05, 4.69) is 15.3 Å². The zero-order chi connectivity index (χ0) is 17.4. The Labute approximate surface area is 146 Å². The topological polar surface area (TPSA) is 93.3 Å². The maximum atomic E-state index is 12.2. The van der Waals surface area contributed by atoms with Crippen LogP contribution in [-0.2, 0) is 0 Å². The molecular weight excluding hydrogens is 342 g/mol. The van der Waals surface area contributed by atoms with Crippen LogP contribution in [0.2, 0.25) is 0 Å². The van der Waals surface area contributed by atoms with Gasteiger partial charge in [-0.2, -0.15) is 0 Å². The van der Waals surface area contributed by atoms with E-state index in [1.807, 2.05) is 23.6 Å². The number of H-pyrrole nitrogens is 1. The molecule has 7 nitrogen and oxygen atoms in total. The molecule has 2 aromatic heterocycles. The van der Waals surface area contributed by atoms with Crippen LogP contribution in [-0.4, -0.2) is 28.5 Å². The molecule has 0 saturated carbocycles. The number of Topliss-reactive ketones (excluding diaryl/α,β-unsaturated/α-hetero) is 1. The van der Waals surface area contributed by atoms with Crippen LogP contribution in [0.5, 0.6) is 11.5 Å². The first-order valence-corrected chi connectivity index (χ1v) is 8.34. The van der Waals surface area contributed by atoms with Crippen LogP contribution in [0.4, 0.5) is 5.13 Å². The van der Waals surface area contributed by atoms with E-state index in [4.69, 9.17) is 9.47 Å². The Balaban J connectivity index is 1.51. The van der Waals surface area contributed by atoms with Gasteiger partial charge in [-0.15, -0.1) is 11.3 Å². The van der Waals surface area contributed by atoms with Gasteiger partial charge in [-0.05, 0) is 31.2 Å². The molecule has 3 aromatic rings. The number of carbonyl (C=O) groups excluding carboxylic acids is 2. The zero-order valence-electron chi connectivity index (χ0n) is 13.2. The molecule has 1 amide bonds. The highest BCUT2D eigenvalue weighted by molar-refractivity contribution is 7.14. The number of nitrogens with one attached hydrogen (secondary N) is 2. The van der Waals surface area contributed by atoms with Crippen molar-refractivity contribution in [3.05, 3.63) is 47.1 Å². The first-order chi connectivity index (χ1) is 12.1. The number of carbonyl (C=O) groups is 2. The lowest BCUT2D eigenvalue weighted by atomic mass is 10.1. The molecule has 126 valence electrons. The molecule has 8 heteroatoms. The number of aromatic amines is 1. The van der Waals surface area contributed by atoms with E-state index in [9.17, 15) is 9.59 Å². The number of benzene rings is 1. The summed E-state index contributed by atoms with van der Waals surface area (Å²) in [6.45, 7) is 1.67. The summed E-state index contributed by atoms with van der Waals surface area (Å²) in [5.41, 5.74) is 2.38. The van der Waals surface area contributed by atoms with Crippen molar-refractivity contribution in [1.29, 1.82) is 0 Å². The van der Waals surface area contributed by atoms with Gasteiger partial charge in [0.1, 0.15) is 5.69 Å². The highest BCUT2D eigenvalue weighted by atomic mass is 32.1. The van der Waals surface area contributed by atoms with E-state index < -0.39 is 0 Å². The molecule has 0 fully saturated rings. The van der Waals surface area contributed by atoms with Gasteiger partial charge in [0, 0.05) is 22.7 Å². The summed E-state index contributed by atoms with van der Waals surface area (Å²) < 4.78 is 10.7. The van der Waals surface area contributed by atoms with Crippen molar-refractivity contribution in [2.45, 2.75) is 6.92 Å². The third-order valence-corrected chi connectivity index (χ3v) is 4.48. The molecule has 0 aliphatic carbocycles. The summed E-state index contributed by atoms with van der Waals surface area (Å²) in [5, 5.41) is 5.04. The lowest BCUT2D eigenvalue weighted by molar-refractivity contribution is 0.101. The van der Waals surface area contributed by atoms with Crippen molar-refractivity contribution in [2.75, 3.05) is 12.1 Å². The van der Waals surface area contributed by atoms with Crippen molar-refractivity contribution in [2.24, 2.45) is 0 Å². The third-order valence-electron chi connectivity index (χ3n) is 3.73. The fourth-order valence-corrected chi connectivity index (χ4v) is 3.13. The standard InChI is InChI=1S/C17H13N3O4S/c1-9(21)11-4-12(18-6-11)16(22)20-17-19-13(7-25-17)10-2-3-14-15(5-10)24-8-23-14/h2-7,18H,8H2,1H3,(H,19,20,22). The van der Waals surface area contributed by atoms with Gasteiger partial charge in [0.25, 0.3) is 5.91 Å². The van der Waals surface area contributed by atoms with Crippen LogP contribution in [0.3, 0.4) is 0 Å². The molecule has 4 rings (SSSR count). The van der Waals surface area contributed by atoms with Gasteiger partial charge >= 0.3 is 0 Å². The summed E-state index contributed by atoms with van der Waals surface area (Å²) in [5.74, 6) is 0.938. The molecule has 0 atom stereocenters. The number of hydrogen-bond acceptors (Lipinski definition) is 6. The number of hydrogen-bond donors (Lipinski definition) is 2. The fourth-order valence-electron chi connectivity index (χ4n) is 2.41. The van der Waals surface area contributed by atoms with Gasteiger partial charge in [-0.25, -0.2) is 4.98 Å². The molecule has 0 unspecified atom stereocenters. The van der Waals surface area contributed by atoms with Crippen molar-refractivity contribution >= 4 is 28.2 Å². The Hall–Kier alpha value is -3.13. The summed E-state index contributed by atoms with van der Waals surface area (Å²) in [6.07, 6.45) is 1.51. The molecular formula is C17H13N3O4S. The van der Waals surface area contributed by atoms with Crippen LogP contribution in [0, 0.1) is 0 Å². The smallest absolute Gasteiger partial charge is 0.273 e. The average molecular weight is 355 g/mol. The van der Waals surface area contributed by atoms with Crippen molar-refractivity contribution in [3.8, 4) is 22.8 Å². The molecule has 0 radical (unpaired) electrons. The molecule has 0 saturated heterocycles. The minimum absolute atomic E-state index is 0.102. The van der Waals surface area contributed by atoms with E-state index >= 15 is 0 Å².